The third-order valence-electron chi connectivity index (χ3n) is 11.8. The molecule has 0 amide bonds. The minimum Gasteiger partial charge on any atom is -0.508 e. The molecule has 4 aliphatic rings. The van der Waals surface area contributed by atoms with Gasteiger partial charge in [-0.2, -0.15) is 0 Å². The van der Waals surface area contributed by atoms with Crippen molar-refractivity contribution < 1.29 is 19.8 Å². The van der Waals surface area contributed by atoms with Crippen LogP contribution in [0.25, 0.3) is 11.1 Å². The van der Waals surface area contributed by atoms with E-state index in [1.54, 1.807) is 24.3 Å². The number of carbonyl (C=O) groups excluding carboxylic acids is 2. The first-order chi connectivity index (χ1) is 27.5. The van der Waals surface area contributed by atoms with E-state index in [1.807, 2.05) is 146 Å². The van der Waals surface area contributed by atoms with E-state index in [-0.39, 0.29) is 23.1 Å². The monoisotopic (exact) mass is 728 g/mol. The van der Waals surface area contributed by atoms with Crippen molar-refractivity contribution in [1.82, 2.24) is 0 Å². The number of fused-ring (bicyclic) bond motifs is 2. The summed E-state index contributed by atoms with van der Waals surface area (Å²) in [5.74, 6) is 0.405. The van der Waals surface area contributed by atoms with Gasteiger partial charge in [-0.3, -0.25) is 9.59 Å². The molecule has 272 valence electrons. The van der Waals surface area contributed by atoms with Crippen LogP contribution in [-0.2, 0) is 20.4 Å². The van der Waals surface area contributed by atoms with E-state index in [0.717, 1.165) is 81.4 Å². The van der Waals surface area contributed by atoms with Gasteiger partial charge in [0.05, 0.1) is 0 Å². The van der Waals surface area contributed by atoms with Crippen LogP contribution in [0.15, 0.2) is 204 Å². The van der Waals surface area contributed by atoms with Crippen LogP contribution >= 0.6 is 0 Å². The van der Waals surface area contributed by atoms with Crippen molar-refractivity contribution in [3.8, 4) is 11.5 Å². The Labute approximate surface area is 327 Å². The molecule has 56 heavy (non-hydrogen) atoms. The second kappa shape index (κ2) is 14.1. The fourth-order valence-corrected chi connectivity index (χ4v) is 9.61. The second-order valence-electron chi connectivity index (χ2n) is 14.7. The van der Waals surface area contributed by atoms with Gasteiger partial charge >= 0.3 is 0 Å². The van der Waals surface area contributed by atoms with Gasteiger partial charge in [0.25, 0.3) is 0 Å². The van der Waals surface area contributed by atoms with Crippen LogP contribution in [0, 0.1) is 0 Å². The maximum atomic E-state index is 14.2. The minimum atomic E-state index is -0.996. The molecule has 10 rings (SSSR count). The number of hydrogen-bond acceptors (Lipinski definition) is 4. The highest BCUT2D eigenvalue weighted by atomic mass is 16.3. The molecule has 0 heterocycles. The normalized spacial score (nSPS) is 21.0. The van der Waals surface area contributed by atoms with E-state index in [0.29, 0.717) is 11.1 Å². The molecule has 4 aliphatic carbocycles. The molecule has 0 bridgehead atoms. The second-order valence-corrected chi connectivity index (χ2v) is 14.7. The van der Waals surface area contributed by atoms with E-state index in [4.69, 9.17) is 0 Å². The van der Waals surface area contributed by atoms with Crippen molar-refractivity contribution in [3.63, 3.8) is 0 Å². The van der Waals surface area contributed by atoms with Gasteiger partial charge in [0.15, 0.2) is 11.6 Å². The van der Waals surface area contributed by atoms with Gasteiger partial charge in [-0.05, 0) is 82.4 Å². The molecule has 0 unspecified atom stereocenters. The topological polar surface area (TPSA) is 74.6 Å². The Morgan fingerprint density at radius 2 is 0.714 bits per heavy atom. The number of benzene rings is 6. The lowest BCUT2D eigenvalue weighted by atomic mass is 9.67. The lowest BCUT2D eigenvalue weighted by molar-refractivity contribution is -0.116. The Morgan fingerprint density at radius 1 is 0.393 bits per heavy atom. The number of phenolic OH excluding ortho intramolecular Hbond substituents is 2. The lowest BCUT2D eigenvalue weighted by Crippen LogP contribution is -2.35. The number of rotatable bonds is 6. The van der Waals surface area contributed by atoms with Gasteiger partial charge in [-0.25, -0.2) is 0 Å². The zero-order valence-electron chi connectivity index (χ0n) is 30.9. The van der Waals surface area contributed by atoms with Crippen LogP contribution in [0.3, 0.4) is 0 Å². The van der Waals surface area contributed by atoms with Gasteiger partial charge in [0.1, 0.15) is 22.3 Å². The molecule has 0 aromatic heterocycles. The first-order valence-electron chi connectivity index (χ1n) is 19.3. The van der Waals surface area contributed by atoms with Gasteiger partial charge in [0, 0.05) is 22.3 Å². The summed E-state index contributed by atoms with van der Waals surface area (Å²) in [7, 11) is 0. The summed E-state index contributed by atoms with van der Waals surface area (Å²) in [4.78, 5) is 28.4. The fourth-order valence-electron chi connectivity index (χ4n) is 9.61. The average molecular weight is 729 g/mol. The molecule has 0 saturated carbocycles. The van der Waals surface area contributed by atoms with E-state index in [9.17, 15) is 19.8 Å². The quantitative estimate of drug-likeness (QED) is 0.179. The van der Waals surface area contributed by atoms with Crippen LogP contribution < -0.4 is 0 Å². The van der Waals surface area contributed by atoms with Gasteiger partial charge in [0.2, 0.25) is 0 Å². The maximum absolute atomic E-state index is 14.2. The highest BCUT2D eigenvalue weighted by Gasteiger charge is 2.56. The first kappa shape index (κ1) is 35.0. The number of Topliss-reactive ketones (excluding diaryl/α,β-unsaturated/α-hetero) is 2. The summed E-state index contributed by atoms with van der Waals surface area (Å²) in [6.07, 6.45) is 7.90. The third-order valence-corrected chi connectivity index (χ3v) is 11.8. The standard InChI is InChI=1S/2C26H20O2/c2*27-23-17-8-7-15-22(23)26(19-12-5-2-6-13-19)21-16-9-14-20(21)24(25(26)28)18-10-3-1-4-11-18/h2*1-8,10-13,15-17,27H,9,14H2/t2*26-/m00/s1. The van der Waals surface area contributed by atoms with Crippen LogP contribution in [-0.4, -0.2) is 21.8 Å². The zero-order chi connectivity index (χ0) is 38.3. The predicted octanol–water partition coefficient (Wildman–Crippen LogP) is 10.9. The number of allylic oxidation sites excluding steroid dienone is 8. The third kappa shape index (κ3) is 5.20. The number of aromatic hydroxyl groups is 2. The number of ketones is 2. The maximum Gasteiger partial charge on any atom is 0.183 e. The van der Waals surface area contributed by atoms with Gasteiger partial charge in [-0.15, -0.1) is 0 Å². The van der Waals surface area contributed by atoms with Crippen molar-refractivity contribution in [3.05, 3.63) is 238 Å². The number of phenols is 2. The van der Waals surface area contributed by atoms with Crippen molar-refractivity contribution >= 4 is 22.7 Å². The molecule has 6 aromatic rings. The molecule has 2 atom stereocenters. The molecular formula is C52H40O4. The van der Waals surface area contributed by atoms with E-state index in [2.05, 4.69) is 12.2 Å². The van der Waals surface area contributed by atoms with Crippen LogP contribution in [0.5, 0.6) is 11.5 Å². The number of hydrogen-bond donors (Lipinski definition) is 2. The summed E-state index contributed by atoms with van der Waals surface area (Å²) >= 11 is 0. The van der Waals surface area contributed by atoms with E-state index in [1.165, 1.54) is 0 Å². The molecule has 0 radical (unpaired) electrons. The predicted molar refractivity (Wildman–Crippen MR) is 222 cm³/mol. The molecule has 0 fully saturated rings. The minimum absolute atomic E-state index is 0.0485. The Morgan fingerprint density at radius 3 is 1.07 bits per heavy atom. The average Bonchev–Trinajstić information content (AvgIpc) is 4.02. The summed E-state index contributed by atoms with van der Waals surface area (Å²) in [6.45, 7) is 0. The Bertz CT molecular complexity index is 2430. The summed E-state index contributed by atoms with van der Waals surface area (Å²) < 4.78 is 0. The zero-order valence-corrected chi connectivity index (χ0v) is 30.9. The number of para-hydroxylation sites is 2. The van der Waals surface area contributed by atoms with Crippen molar-refractivity contribution in [2.45, 2.75) is 36.5 Å². The fraction of sp³-hybridized carbons (Fsp3) is 0.115. The highest BCUT2D eigenvalue weighted by molar-refractivity contribution is 6.34. The van der Waals surface area contributed by atoms with Gasteiger partial charge < -0.3 is 10.2 Å². The lowest BCUT2D eigenvalue weighted by Gasteiger charge is -2.32. The van der Waals surface area contributed by atoms with E-state index >= 15 is 0 Å². The molecule has 2 N–H and O–H groups in total. The molecule has 6 aromatic carbocycles. The molecule has 4 nitrogen and oxygen atoms in total. The van der Waals surface area contributed by atoms with Gasteiger partial charge in [-0.1, -0.05) is 170 Å². The van der Waals surface area contributed by atoms with Crippen LogP contribution in [0.4, 0.5) is 0 Å². The summed E-state index contributed by atoms with van der Waals surface area (Å²) in [5.41, 5.74) is 8.88. The Kier molecular flexibility index (Phi) is 8.82. The molecule has 0 saturated heterocycles. The van der Waals surface area contributed by atoms with Crippen molar-refractivity contribution in [2.75, 3.05) is 0 Å². The molecule has 0 spiro atoms. The van der Waals surface area contributed by atoms with Crippen molar-refractivity contribution in [2.24, 2.45) is 0 Å². The van der Waals surface area contributed by atoms with Crippen molar-refractivity contribution in [1.29, 1.82) is 0 Å². The Hall–Kier alpha value is -6.78. The smallest absolute Gasteiger partial charge is 0.183 e. The Balaban J connectivity index is 0.000000146. The molecule has 4 heteroatoms. The first-order valence-corrected chi connectivity index (χ1v) is 19.3. The van der Waals surface area contributed by atoms with E-state index < -0.39 is 10.8 Å². The largest absolute Gasteiger partial charge is 0.508 e. The number of carbonyl (C=O) groups is 2. The van der Waals surface area contributed by atoms with Crippen LogP contribution in [0.1, 0.15) is 59.1 Å². The SMILES string of the molecule is O=C1C(c2ccccc2)=C2CCC=C2[C@@]1(c1ccccc1)c1ccccc1O.O=C1C(c2ccccc2)=C2CCC=C2[C@@]1(c1ccccc1)c1ccccc1O. The van der Waals surface area contributed by atoms with Crippen LogP contribution in [0.2, 0.25) is 0 Å². The molecule has 0 aliphatic heterocycles. The summed E-state index contributed by atoms with van der Waals surface area (Å²) in [5, 5.41) is 21.6. The summed E-state index contributed by atoms with van der Waals surface area (Å²) in [6, 6.07) is 54.0. The highest BCUT2D eigenvalue weighted by Crippen LogP contribution is 2.59. The molecular weight excluding hydrogens is 689 g/mol.